The Balaban J connectivity index is 2.23. The van der Waals surface area contributed by atoms with E-state index in [4.69, 9.17) is 5.26 Å². The molecule has 1 unspecified atom stereocenters. The number of nitrogens with zero attached hydrogens (tertiary/aromatic N) is 1. The molecule has 13 heavy (non-hydrogen) atoms. The van der Waals surface area contributed by atoms with Gasteiger partial charge in [0.1, 0.15) is 0 Å². The number of nitrogens with one attached hydrogen (secondary N) is 1. The third-order valence-corrected chi connectivity index (χ3v) is 2.18. The number of benzene rings is 1. The van der Waals surface area contributed by atoms with E-state index in [1.165, 1.54) is 5.56 Å². The van der Waals surface area contributed by atoms with Crippen LogP contribution >= 0.6 is 0 Å². The van der Waals surface area contributed by atoms with Crippen LogP contribution in [0.5, 0.6) is 0 Å². The first-order valence-corrected chi connectivity index (χ1v) is 4.30. The lowest BCUT2D eigenvalue weighted by atomic mass is 10.1. The van der Waals surface area contributed by atoms with Crippen LogP contribution in [0.15, 0.2) is 36.4 Å². The lowest BCUT2D eigenvalue weighted by Gasteiger charge is -2.08. The largest absolute Gasteiger partial charge is 0.303 e. The van der Waals surface area contributed by atoms with Crippen LogP contribution in [0, 0.1) is 11.3 Å². The fourth-order valence-corrected chi connectivity index (χ4v) is 1.46. The van der Waals surface area contributed by atoms with Crippen molar-refractivity contribution in [1.82, 2.24) is 5.32 Å². The Morgan fingerprint density at radius 1 is 1.31 bits per heavy atom. The van der Waals surface area contributed by atoms with Gasteiger partial charge in [-0.3, -0.25) is 0 Å². The van der Waals surface area contributed by atoms with E-state index < -0.39 is 0 Å². The highest BCUT2D eigenvalue weighted by atomic mass is 14.9. The van der Waals surface area contributed by atoms with Crippen LogP contribution in [-0.2, 0) is 0 Å². The first-order valence-electron chi connectivity index (χ1n) is 4.30. The summed E-state index contributed by atoms with van der Waals surface area (Å²) in [5.74, 6) is 0. The summed E-state index contributed by atoms with van der Waals surface area (Å²) in [5, 5.41) is 11.9. The molecule has 64 valence electrons. The minimum atomic E-state index is 0.327. The molecule has 2 heteroatoms. The van der Waals surface area contributed by atoms with Gasteiger partial charge in [-0.1, -0.05) is 24.3 Å². The molecule has 1 heterocycles. The summed E-state index contributed by atoms with van der Waals surface area (Å²) in [6.07, 6.45) is 4.25. The molecule has 0 fully saturated rings. The van der Waals surface area contributed by atoms with Crippen LogP contribution in [0.3, 0.4) is 0 Å². The highest BCUT2D eigenvalue weighted by molar-refractivity contribution is 5.34. The van der Waals surface area contributed by atoms with Crippen molar-refractivity contribution in [1.29, 1.82) is 5.26 Å². The Hall–Kier alpha value is -1.59. The molecule has 0 aliphatic carbocycles. The molecule has 1 aliphatic heterocycles. The summed E-state index contributed by atoms with van der Waals surface area (Å²) in [5.41, 5.74) is 1.93. The van der Waals surface area contributed by atoms with Gasteiger partial charge in [-0.05, 0) is 17.7 Å². The van der Waals surface area contributed by atoms with E-state index in [0.717, 1.165) is 6.54 Å². The third kappa shape index (κ3) is 1.61. The molecule has 0 spiro atoms. The van der Waals surface area contributed by atoms with E-state index in [2.05, 4.69) is 23.5 Å². The Morgan fingerprint density at radius 3 is 2.62 bits per heavy atom. The molecule has 0 saturated carbocycles. The number of rotatable bonds is 1. The molecular weight excluding hydrogens is 160 g/mol. The Morgan fingerprint density at radius 2 is 2.08 bits per heavy atom. The second kappa shape index (κ2) is 3.42. The van der Waals surface area contributed by atoms with Crippen molar-refractivity contribution >= 4 is 0 Å². The smallest absolute Gasteiger partial charge is 0.0991 e. The van der Waals surface area contributed by atoms with E-state index in [1.54, 1.807) is 0 Å². The molecule has 1 atom stereocenters. The highest BCUT2D eigenvalue weighted by Gasteiger charge is 2.09. The van der Waals surface area contributed by atoms with Gasteiger partial charge in [-0.2, -0.15) is 5.26 Å². The van der Waals surface area contributed by atoms with Crippen molar-refractivity contribution in [2.45, 2.75) is 6.04 Å². The summed E-state index contributed by atoms with van der Waals surface area (Å²) >= 11 is 0. The van der Waals surface area contributed by atoms with Gasteiger partial charge in [0.05, 0.1) is 17.7 Å². The average molecular weight is 170 g/mol. The maximum absolute atomic E-state index is 8.61. The van der Waals surface area contributed by atoms with E-state index in [0.29, 0.717) is 11.6 Å². The molecule has 2 nitrogen and oxygen atoms in total. The molecule has 0 aromatic heterocycles. The summed E-state index contributed by atoms with van der Waals surface area (Å²) in [4.78, 5) is 0. The second-order valence-corrected chi connectivity index (χ2v) is 3.05. The number of nitriles is 1. The highest BCUT2D eigenvalue weighted by Crippen LogP contribution is 2.17. The van der Waals surface area contributed by atoms with Crippen molar-refractivity contribution in [3.05, 3.63) is 47.5 Å². The van der Waals surface area contributed by atoms with Crippen LogP contribution in [-0.4, -0.2) is 6.54 Å². The Labute approximate surface area is 77.5 Å². The average Bonchev–Trinajstić information content (AvgIpc) is 2.71. The zero-order chi connectivity index (χ0) is 9.10. The SMILES string of the molecule is N#Cc1ccc(C2C=CCN2)cc1. The molecule has 1 aromatic carbocycles. The summed E-state index contributed by atoms with van der Waals surface area (Å²) in [7, 11) is 0. The molecule has 1 N–H and O–H groups in total. The monoisotopic (exact) mass is 170 g/mol. The van der Waals surface area contributed by atoms with Crippen LogP contribution < -0.4 is 5.32 Å². The van der Waals surface area contributed by atoms with E-state index in [1.807, 2.05) is 24.3 Å². The van der Waals surface area contributed by atoms with Crippen molar-refractivity contribution in [3.63, 3.8) is 0 Å². The normalized spacial score (nSPS) is 20.1. The van der Waals surface area contributed by atoms with E-state index >= 15 is 0 Å². The lowest BCUT2D eigenvalue weighted by molar-refractivity contribution is 0.713. The lowest BCUT2D eigenvalue weighted by Crippen LogP contribution is -2.13. The first kappa shape index (κ1) is 8.03. The summed E-state index contributed by atoms with van der Waals surface area (Å²) < 4.78 is 0. The fraction of sp³-hybridized carbons (Fsp3) is 0.182. The standard InChI is InChI=1S/C11H10N2/c12-8-9-3-5-10(6-4-9)11-2-1-7-13-11/h1-6,11,13H,7H2. The molecule has 1 aliphatic rings. The van der Waals surface area contributed by atoms with Gasteiger partial charge in [-0.25, -0.2) is 0 Å². The van der Waals surface area contributed by atoms with Crippen molar-refractivity contribution < 1.29 is 0 Å². The zero-order valence-electron chi connectivity index (χ0n) is 7.20. The molecule has 0 radical (unpaired) electrons. The Kier molecular flexibility index (Phi) is 2.11. The maximum atomic E-state index is 8.61. The Bertz CT molecular complexity index is 357. The van der Waals surface area contributed by atoms with Crippen molar-refractivity contribution in [2.24, 2.45) is 0 Å². The van der Waals surface area contributed by atoms with Gasteiger partial charge < -0.3 is 5.32 Å². The first-order chi connectivity index (χ1) is 6.40. The van der Waals surface area contributed by atoms with Gasteiger partial charge in [0, 0.05) is 6.54 Å². The summed E-state index contributed by atoms with van der Waals surface area (Å²) in [6.45, 7) is 0.935. The second-order valence-electron chi connectivity index (χ2n) is 3.05. The molecular formula is C11H10N2. The van der Waals surface area contributed by atoms with Gasteiger partial charge >= 0.3 is 0 Å². The topological polar surface area (TPSA) is 35.8 Å². The third-order valence-electron chi connectivity index (χ3n) is 2.18. The van der Waals surface area contributed by atoms with Crippen molar-refractivity contribution in [3.8, 4) is 6.07 Å². The van der Waals surface area contributed by atoms with Gasteiger partial charge in [-0.15, -0.1) is 0 Å². The van der Waals surface area contributed by atoms with E-state index in [-0.39, 0.29) is 0 Å². The van der Waals surface area contributed by atoms with Gasteiger partial charge in [0.25, 0.3) is 0 Å². The van der Waals surface area contributed by atoms with Crippen LogP contribution in [0.1, 0.15) is 17.2 Å². The zero-order valence-corrected chi connectivity index (χ0v) is 7.20. The van der Waals surface area contributed by atoms with Gasteiger partial charge in [0.15, 0.2) is 0 Å². The minimum Gasteiger partial charge on any atom is -0.303 e. The minimum absolute atomic E-state index is 0.327. The van der Waals surface area contributed by atoms with E-state index in [9.17, 15) is 0 Å². The quantitative estimate of drug-likeness (QED) is 0.652. The van der Waals surface area contributed by atoms with Crippen molar-refractivity contribution in [2.75, 3.05) is 6.54 Å². The van der Waals surface area contributed by atoms with Crippen LogP contribution in [0.4, 0.5) is 0 Å². The van der Waals surface area contributed by atoms with Gasteiger partial charge in [0.2, 0.25) is 0 Å². The summed E-state index contributed by atoms with van der Waals surface area (Å²) in [6, 6.07) is 10.1. The maximum Gasteiger partial charge on any atom is 0.0991 e. The predicted octanol–water partition coefficient (Wildman–Crippen LogP) is 1.76. The fourth-order valence-electron chi connectivity index (χ4n) is 1.46. The molecule has 0 amide bonds. The molecule has 1 aromatic rings. The van der Waals surface area contributed by atoms with Crippen LogP contribution in [0.25, 0.3) is 0 Å². The predicted molar refractivity (Wildman–Crippen MR) is 51.0 cm³/mol. The molecule has 0 bridgehead atoms. The number of hydrogen-bond donors (Lipinski definition) is 1. The molecule has 2 rings (SSSR count). The number of hydrogen-bond acceptors (Lipinski definition) is 2. The molecule has 0 saturated heterocycles. The van der Waals surface area contributed by atoms with Crippen LogP contribution in [0.2, 0.25) is 0 Å².